The summed E-state index contributed by atoms with van der Waals surface area (Å²) in [6.45, 7) is -0.297. The Kier molecular flexibility index (Phi) is 4.29. The van der Waals surface area contributed by atoms with Crippen molar-refractivity contribution in [1.29, 1.82) is 0 Å². The molecule has 0 aliphatic rings. The van der Waals surface area contributed by atoms with Crippen molar-refractivity contribution in [2.45, 2.75) is 6.54 Å². The monoisotopic (exact) mass is 342 g/mol. The van der Waals surface area contributed by atoms with Crippen LogP contribution in [0.1, 0.15) is 0 Å². The van der Waals surface area contributed by atoms with Crippen molar-refractivity contribution in [3.63, 3.8) is 0 Å². The Morgan fingerprint density at radius 1 is 1.25 bits per heavy atom. The second-order valence-electron chi connectivity index (χ2n) is 3.99. The number of anilines is 1. The van der Waals surface area contributed by atoms with Crippen LogP contribution in [-0.2, 0) is 11.3 Å². The molecule has 7 heteroatoms. The Hall–Kier alpha value is -2.02. The highest BCUT2D eigenvalue weighted by Crippen LogP contribution is 2.15. The molecular formula is C13H9BrF2N2O2. The first-order valence-corrected chi connectivity index (χ1v) is 6.36. The molecule has 2 rings (SSSR count). The molecule has 0 aliphatic carbocycles. The van der Waals surface area contributed by atoms with Gasteiger partial charge in [0.15, 0.2) is 0 Å². The standard InChI is InChI=1S/C13H9BrF2N2O2/c14-8-1-4-13(20)18(6-8)7-12(19)17-11-5-9(15)2-3-10(11)16/h1-6H,7H2,(H,17,19). The number of rotatable bonds is 3. The van der Waals surface area contributed by atoms with E-state index in [1.54, 1.807) is 6.07 Å². The lowest BCUT2D eigenvalue weighted by Crippen LogP contribution is -2.27. The Balaban J connectivity index is 2.15. The third-order valence-electron chi connectivity index (χ3n) is 2.46. The van der Waals surface area contributed by atoms with E-state index in [2.05, 4.69) is 21.2 Å². The normalized spacial score (nSPS) is 10.3. The summed E-state index contributed by atoms with van der Waals surface area (Å²) in [4.78, 5) is 23.2. The molecule has 0 spiro atoms. The number of pyridine rings is 1. The van der Waals surface area contributed by atoms with Gasteiger partial charge in [-0.05, 0) is 34.1 Å². The number of nitrogens with zero attached hydrogens (tertiary/aromatic N) is 1. The number of hydrogen-bond donors (Lipinski definition) is 1. The maximum Gasteiger partial charge on any atom is 0.251 e. The average Bonchev–Trinajstić information content (AvgIpc) is 2.38. The molecule has 0 atom stereocenters. The maximum absolute atomic E-state index is 13.4. The Labute approximate surface area is 121 Å². The van der Waals surface area contributed by atoms with E-state index in [0.717, 1.165) is 22.8 Å². The molecule has 20 heavy (non-hydrogen) atoms. The molecule has 0 fully saturated rings. The minimum Gasteiger partial charge on any atom is -0.322 e. The van der Waals surface area contributed by atoms with E-state index >= 15 is 0 Å². The van der Waals surface area contributed by atoms with Crippen LogP contribution in [0.25, 0.3) is 0 Å². The van der Waals surface area contributed by atoms with Crippen molar-refractivity contribution >= 4 is 27.5 Å². The Morgan fingerprint density at radius 2 is 2.00 bits per heavy atom. The van der Waals surface area contributed by atoms with Crippen molar-refractivity contribution in [3.8, 4) is 0 Å². The minimum atomic E-state index is -0.749. The molecular weight excluding hydrogens is 334 g/mol. The van der Waals surface area contributed by atoms with Crippen molar-refractivity contribution in [2.24, 2.45) is 0 Å². The fraction of sp³-hybridized carbons (Fsp3) is 0.0769. The highest BCUT2D eigenvalue weighted by molar-refractivity contribution is 9.10. The molecule has 0 radical (unpaired) electrons. The van der Waals surface area contributed by atoms with Crippen LogP contribution >= 0.6 is 15.9 Å². The van der Waals surface area contributed by atoms with Crippen LogP contribution in [0.5, 0.6) is 0 Å². The van der Waals surface area contributed by atoms with Gasteiger partial charge in [0.05, 0.1) is 5.69 Å². The summed E-state index contributed by atoms with van der Waals surface area (Å²) >= 11 is 3.17. The van der Waals surface area contributed by atoms with Gasteiger partial charge < -0.3 is 9.88 Å². The van der Waals surface area contributed by atoms with Gasteiger partial charge in [-0.1, -0.05) is 0 Å². The van der Waals surface area contributed by atoms with Gasteiger partial charge in [0.2, 0.25) is 5.91 Å². The van der Waals surface area contributed by atoms with E-state index < -0.39 is 17.5 Å². The lowest BCUT2D eigenvalue weighted by molar-refractivity contribution is -0.116. The van der Waals surface area contributed by atoms with Crippen LogP contribution in [0.2, 0.25) is 0 Å². The molecule has 0 bridgehead atoms. The summed E-state index contributed by atoms with van der Waals surface area (Å²) in [5.74, 6) is -2.04. The van der Waals surface area contributed by atoms with Gasteiger partial charge in [0, 0.05) is 22.8 Å². The molecule has 1 amide bonds. The van der Waals surface area contributed by atoms with Gasteiger partial charge in [-0.3, -0.25) is 9.59 Å². The van der Waals surface area contributed by atoms with Crippen molar-refractivity contribution in [3.05, 3.63) is 63.0 Å². The van der Waals surface area contributed by atoms with Crippen LogP contribution in [-0.4, -0.2) is 10.5 Å². The molecule has 0 aliphatic heterocycles. The van der Waals surface area contributed by atoms with E-state index in [9.17, 15) is 18.4 Å². The van der Waals surface area contributed by atoms with Crippen LogP contribution in [0.4, 0.5) is 14.5 Å². The van der Waals surface area contributed by atoms with E-state index in [-0.39, 0.29) is 17.8 Å². The zero-order chi connectivity index (χ0) is 14.7. The Bertz CT molecular complexity index is 716. The predicted molar refractivity (Wildman–Crippen MR) is 73.4 cm³/mol. The topological polar surface area (TPSA) is 51.1 Å². The highest BCUT2D eigenvalue weighted by Gasteiger charge is 2.09. The molecule has 0 unspecified atom stereocenters. The summed E-state index contributed by atoms with van der Waals surface area (Å²) in [5, 5.41) is 2.22. The number of nitrogens with one attached hydrogen (secondary N) is 1. The average molecular weight is 343 g/mol. The molecule has 0 saturated heterocycles. The van der Waals surface area contributed by atoms with E-state index in [0.29, 0.717) is 4.47 Å². The quantitative estimate of drug-likeness (QED) is 0.931. The predicted octanol–water partition coefficient (Wildman–Crippen LogP) is 2.53. The number of aromatic nitrogens is 1. The van der Waals surface area contributed by atoms with Gasteiger partial charge in [-0.15, -0.1) is 0 Å². The lowest BCUT2D eigenvalue weighted by Gasteiger charge is -2.08. The number of amides is 1. The maximum atomic E-state index is 13.4. The SMILES string of the molecule is O=C(Cn1cc(Br)ccc1=O)Nc1cc(F)ccc1F. The molecule has 1 aromatic heterocycles. The van der Waals surface area contributed by atoms with Crippen molar-refractivity contribution in [2.75, 3.05) is 5.32 Å². The molecule has 1 N–H and O–H groups in total. The first kappa shape index (κ1) is 14.4. The second-order valence-corrected chi connectivity index (χ2v) is 4.90. The summed E-state index contributed by atoms with van der Waals surface area (Å²) < 4.78 is 28.1. The van der Waals surface area contributed by atoms with E-state index in [4.69, 9.17) is 0 Å². The Morgan fingerprint density at radius 3 is 2.75 bits per heavy atom. The zero-order valence-corrected chi connectivity index (χ0v) is 11.7. The van der Waals surface area contributed by atoms with Crippen LogP contribution in [0.15, 0.2) is 45.8 Å². The summed E-state index contributed by atoms with van der Waals surface area (Å²) in [6.07, 6.45) is 1.43. The molecule has 2 aromatic rings. The fourth-order valence-corrected chi connectivity index (χ4v) is 1.94. The third-order valence-corrected chi connectivity index (χ3v) is 2.93. The second kappa shape index (κ2) is 5.96. The lowest BCUT2D eigenvalue weighted by atomic mass is 10.3. The smallest absolute Gasteiger partial charge is 0.251 e. The van der Waals surface area contributed by atoms with E-state index in [1.807, 2.05) is 0 Å². The van der Waals surface area contributed by atoms with Crippen molar-refractivity contribution in [1.82, 2.24) is 4.57 Å². The third kappa shape index (κ3) is 3.51. The minimum absolute atomic E-state index is 0.266. The van der Waals surface area contributed by atoms with E-state index in [1.165, 1.54) is 12.3 Å². The number of benzene rings is 1. The van der Waals surface area contributed by atoms with Gasteiger partial charge in [-0.25, -0.2) is 8.78 Å². The summed E-state index contributed by atoms with van der Waals surface area (Å²) in [6, 6.07) is 5.57. The van der Waals surface area contributed by atoms with Gasteiger partial charge in [-0.2, -0.15) is 0 Å². The number of hydrogen-bond acceptors (Lipinski definition) is 2. The summed E-state index contributed by atoms with van der Waals surface area (Å²) in [7, 11) is 0. The van der Waals surface area contributed by atoms with Gasteiger partial charge in [0.25, 0.3) is 5.56 Å². The summed E-state index contributed by atoms with van der Waals surface area (Å²) in [5.41, 5.74) is -0.638. The van der Waals surface area contributed by atoms with Crippen LogP contribution < -0.4 is 10.9 Å². The number of carbonyl (C=O) groups excluding carboxylic acids is 1. The largest absolute Gasteiger partial charge is 0.322 e. The van der Waals surface area contributed by atoms with Crippen LogP contribution in [0, 0.1) is 11.6 Å². The zero-order valence-electron chi connectivity index (χ0n) is 10.1. The number of carbonyl (C=O) groups is 1. The molecule has 104 valence electrons. The molecule has 4 nitrogen and oxygen atoms in total. The molecule has 0 saturated carbocycles. The highest BCUT2D eigenvalue weighted by atomic mass is 79.9. The molecule has 1 heterocycles. The van der Waals surface area contributed by atoms with Gasteiger partial charge >= 0.3 is 0 Å². The van der Waals surface area contributed by atoms with Gasteiger partial charge in [0.1, 0.15) is 18.2 Å². The van der Waals surface area contributed by atoms with Crippen molar-refractivity contribution < 1.29 is 13.6 Å². The fourth-order valence-electron chi connectivity index (χ4n) is 1.56. The first-order valence-electron chi connectivity index (χ1n) is 5.56. The number of halogens is 3. The van der Waals surface area contributed by atoms with Crippen LogP contribution in [0.3, 0.4) is 0 Å². The molecule has 1 aromatic carbocycles. The first-order chi connectivity index (χ1) is 9.45.